The molecule has 10 heteroatoms. The maximum atomic E-state index is 13.8. The molecule has 1 unspecified atom stereocenters. The molecule has 2 aromatic rings. The molecule has 0 amide bonds. The number of sulfonamides is 1. The third kappa shape index (κ3) is 4.14. The second kappa shape index (κ2) is 9.83. The second-order valence-electron chi connectivity index (χ2n) is 9.40. The van der Waals surface area contributed by atoms with Gasteiger partial charge in [-0.1, -0.05) is 6.92 Å². The average Bonchev–Trinajstić information content (AvgIpc) is 3.38. The van der Waals surface area contributed by atoms with E-state index in [9.17, 15) is 17.6 Å². The van der Waals surface area contributed by atoms with Crippen molar-refractivity contribution in [2.75, 3.05) is 40.0 Å². The van der Waals surface area contributed by atoms with E-state index in [-0.39, 0.29) is 22.4 Å². The van der Waals surface area contributed by atoms with Gasteiger partial charge in [0.05, 0.1) is 25.2 Å². The first-order chi connectivity index (χ1) is 17.3. The van der Waals surface area contributed by atoms with Gasteiger partial charge in [0.25, 0.3) is 0 Å². The fraction of sp³-hybridized carbons (Fsp3) is 0.500. The molecule has 0 saturated carbocycles. The molecular weight excluding hydrogens is 487 g/mol. The summed E-state index contributed by atoms with van der Waals surface area (Å²) in [6, 6.07) is 10.5. The summed E-state index contributed by atoms with van der Waals surface area (Å²) in [7, 11) is -2.30. The number of likely N-dealkylation sites (tertiary alicyclic amines) is 1. The van der Waals surface area contributed by atoms with E-state index >= 15 is 0 Å². The highest BCUT2D eigenvalue weighted by atomic mass is 32.2. The number of halogens is 1. The first-order valence-electron chi connectivity index (χ1n) is 12.3. The summed E-state index contributed by atoms with van der Waals surface area (Å²) in [6.45, 7) is 3.91. The van der Waals surface area contributed by atoms with Crippen LogP contribution in [0.5, 0.6) is 5.75 Å². The normalized spacial score (nSPS) is 24.0. The van der Waals surface area contributed by atoms with Crippen molar-refractivity contribution in [3.8, 4) is 5.75 Å². The summed E-state index contributed by atoms with van der Waals surface area (Å²) in [5.41, 5.74) is 0.934. The molecule has 36 heavy (non-hydrogen) atoms. The number of rotatable bonds is 6. The van der Waals surface area contributed by atoms with E-state index in [2.05, 4.69) is 4.90 Å². The molecule has 1 spiro atoms. The number of piperidine rings is 1. The molecule has 1 atom stereocenters. The van der Waals surface area contributed by atoms with E-state index in [4.69, 9.17) is 14.2 Å². The van der Waals surface area contributed by atoms with Crippen LogP contribution in [0.4, 0.5) is 4.39 Å². The van der Waals surface area contributed by atoms with Crippen molar-refractivity contribution in [3.63, 3.8) is 0 Å². The fourth-order valence-corrected chi connectivity index (χ4v) is 7.52. The van der Waals surface area contributed by atoms with Gasteiger partial charge in [0.2, 0.25) is 15.8 Å². The molecule has 2 fully saturated rings. The Hall–Kier alpha value is -2.37. The smallest absolute Gasteiger partial charge is 0.245 e. The highest BCUT2D eigenvalue weighted by Gasteiger charge is 2.60. The van der Waals surface area contributed by atoms with E-state index in [0.717, 1.165) is 0 Å². The first kappa shape index (κ1) is 25.3. The quantitative estimate of drug-likeness (QED) is 0.542. The van der Waals surface area contributed by atoms with Gasteiger partial charge in [-0.25, -0.2) is 12.8 Å². The lowest BCUT2D eigenvalue weighted by molar-refractivity contribution is -0.243. The molecule has 3 aliphatic heterocycles. The largest absolute Gasteiger partial charge is 0.497 e. The zero-order valence-corrected chi connectivity index (χ0v) is 21.3. The zero-order valence-electron chi connectivity index (χ0n) is 20.5. The van der Waals surface area contributed by atoms with E-state index in [0.29, 0.717) is 69.0 Å². The number of carbonyl (C=O) groups is 1. The minimum atomic E-state index is -3.84. The Morgan fingerprint density at radius 3 is 2.39 bits per heavy atom. The molecule has 0 bridgehead atoms. The molecule has 5 rings (SSSR count). The number of ether oxygens (including phenoxy) is 3. The van der Waals surface area contributed by atoms with Crippen LogP contribution in [0.15, 0.2) is 47.4 Å². The van der Waals surface area contributed by atoms with Gasteiger partial charge in [-0.2, -0.15) is 4.31 Å². The summed E-state index contributed by atoms with van der Waals surface area (Å²) in [4.78, 5) is 15.3. The number of ketones is 1. The van der Waals surface area contributed by atoms with Gasteiger partial charge in [0, 0.05) is 36.7 Å². The summed E-state index contributed by atoms with van der Waals surface area (Å²) in [6.07, 6.45) is 1.00. The van der Waals surface area contributed by atoms with Crippen LogP contribution in [0.2, 0.25) is 0 Å². The van der Waals surface area contributed by atoms with E-state index in [1.807, 2.05) is 6.92 Å². The van der Waals surface area contributed by atoms with Crippen molar-refractivity contribution in [2.24, 2.45) is 5.92 Å². The lowest BCUT2D eigenvalue weighted by Crippen LogP contribution is -2.66. The highest BCUT2D eigenvalue weighted by molar-refractivity contribution is 7.89. The number of hydrogen-bond donors (Lipinski definition) is 0. The number of fused-ring (bicyclic) bond motifs is 2. The molecule has 0 N–H and O–H groups in total. The van der Waals surface area contributed by atoms with E-state index in [1.165, 1.54) is 35.7 Å². The van der Waals surface area contributed by atoms with Gasteiger partial charge in [-0.15, -0.1) is 0 Å². The van der Waals surface area contributed by atoms with Crippen molar-refractivity contribution in [3.05, 3.63) is 59.4 Å². The van der Waals surface area contributed by atoms with Crippen LogP contribution in [0.3, 0.4) is 0 Å². The van der Waals surface area contributed by atoms with Gasteiger partial charge >= 0.3 is 0 Å². The molecule has 8 nitrogen and oxygen atoms in total. The summed E-state index contributed by atoms with van der Waals surface area (Å²) < 4.78 is 60.4. The molecule has 0 aromatic heterocycles. The number of methoxy groups -OCH3 is 1. The van der Waals surface area contributed by atoms with Gasteiger partial charge < -0.3 is 14.2 Å². The van der Waals surface area contributed by atoms with Crippen LogP contribution in [0.1, 0.15) is 42.1 Å². The molecule has 3 aliphatic rings. The second-order valence-corrected chi connectivity index (χ2v) is 11.3. The highest BCUT2D eigenvalue weighted by Crippen LogP contribution is 2.49. The zero-order chi connectivity index (χ0) is 25.5. The van der Waals surface area contributed by atoms with Crippen molar-refractivity contribution in [1.82, 2.24) is 9.21 Å². The van der Waals surface area contributed by atoms with Crippen LogP contribution in [-0.2, 0) is 25.3 Å². The predicted molar refractivity (Wildman–Crippen MR) is 130 cm³/mol. The number of nitrogens with zero attached hydrogens (tertiary/aromatic N) is 2. The lowest BCUT2D eigenvalue weighted by Gasteiger charge is -2.51. The fourth-order valence-electron chi connectivity index (χ4n) is 5.59. The predicted octanol–water partition coefficient (Wildman–Crippen LogP) is 3.37. The Balaban J connectivity index is 1.49. The van der Waals surface area contributed by atoms with Crippen LogP contribution in [0, 0.1) is 11.7 Å². The number of hydrogen-bond acceptors (Lipinski definition) is 7. The van der Waals surface area contributed by atoms with Crippen LogP contribution < -0.4 is 4.74 Å². The number of Topliss-reactive ketones (excluding diaryl/α,β-unsaturated/α-hetero) is 1. The Kier molecular flexibility index (Phi) is 6.90. The van der Waals surface area contributed by atoms with Crippen molar-refractivity contribution in [2.45, 2.75) is 43.0 Å². The minimum absolute atomic E-state index is 0.0190. The van der Waals surface area contributed by atoms with E-state index < -0.39 is 22.0 Å². The Bertz CT molecular complexity index is 1220. The summed E-state index contributed by atoms with van der Waals surface area (Å²) in [5, 5.41) is 0. The van der Waals surface area contributed by atoms with Gasteiger partial charge in [-0.05, 0) is 61.7 Å². The van der Waals surface area contributed by atoms with E-state index in [1.54, 1.807) is 18.2 Å². The topological polar surface area (TPSA) is 85.4 Å². The third-order valence-electron chi connectivity index (χ3n) is 7.30. The lowest BCUT2D eigenvalue weighted by atomic mass is 9.88. The molecule has 3 heterocycles. The Labute approximate surface area is 211 Å². The number of carbonyl (C=O) groups excluding carboxylic acids is 1. The molecular formula is C26H31FN2O6S. The van der Waals surface area contributed by atoms with Crippen molar-refractivity contribution in [1.29, 1.82) is 0 Å². The maximum Gasteiger partial charge on any atom is 0.245 e. The minimum Gasteiger partial charge on any atom is -0.497 e. The Morgan fingerprint density at radius 2 is 1.78 bits per heavy atom. The SMILES string of the molecule is CCCN1C(N2CCC(C(=O)c3ccc(F)cc3)CC2)C2(OCCO2)c2cc(OC)ccc2S1(=O)=O. The Morgan fingerprint density at radius 1 is 1.11 bits per heavy atom. The summed E-state index contributed by atoms with van der Waals surface area (Å²) >= 11 is 0. The molecule has 2 saturated heterocycles. The molecule has 2 aromatic carbocycles. The van der Waals surface area contributed by atoms with Crippen molar-refractivity contribution >= 4 is 15.8 Å². The standard InChI is InChI=1S/C26H31FN2O6S/c1-3-12-29-25(28-13-10-19(11-14-28)24(30)18-4-6-20(27)7-5-18)26(34-15-16-35-26)22-17-21(33-2)8-9-23(22)36(29,31)32/h4-9,17,19,25H,3,10-16H2,1-2H3. The monoisotopic (exact) mass is 518 g/mol. The number of benzene rings is 2. The van der Waals surface area contributed by atoms with Crippen LogP contribution in [0.25, 0.3) is 0 Å². The van der Waals surface area contributed by atoms with Gasteiger partial charge in [-0.3, -0.25) is 9.69 Å². The first-order valence-corrected chi connectivity index (χ1v) is 13.8. The van der Waals surface area contributed by atoms with Gasteiger partial charge in [0.1, 0.15) is 17.7 Å². The van der Waals surface area contributed by atoms with Crippen LogP contribution in [-0.4, -0.2) is 69.5 Å². The molecule has 0 radical (unpaired) electrons. The average molecular weight is 519 g/mol. The molecule has 0 aliphatic carbocycles. The maximum absolute atomic E-state index is 13.8. The third-order valence-corrected chi connectivity index (χ3v) is 9.21. The molecule has 194 valence electrons. The van der Waals surface area contributed by atoms with Crippen LogP contribution >= 0.6 is 0 Å². The summed E-state index contributed by atoms with van der Waals surface area (Å²) in [5.74, 6) is -1.39. The van der Waals surface area contributed by atoms with Crippen molar-refractivity contribution < 1.29 is 31.8 Å². The van der Waals surface area contributed by atoms with Gasteiger partial charge in [0.15, 0.2) is 5.78 Å².